The van der Waals surface area contributed by atoms with Crippen LogP contribution in [0, 0.1) is 5.82 Å². The zero-order chi connectivity index (χ0) is 15.2. The lowest BCUT2D eigenvalue weighted by molar-refractivity contribution is -0.121. The van der Waals surface area contributed by atoms with Crippen molar-refractivity contribution in [2.75, 3.05) is 18.5 Å². The zero-order valence-electron chi connectivity index (χ0n) is 12.5. The number of carbonyl (C=O) groups excluding carboxylic acids is 1. The monoisotopic (exact) mass is 282 g/mol. The van der Waals surface area contributed by atoms with Crippen LogP contribution < -0.4 is 15.4 Å². The summed E-state index contributed by atoms with van der Waals surface area (Å²) in [6, 6.07) is 4.56. The van der Waals surface area contributed by atoms with Gasteiger partial charge in [0.15, 0.2) is 11.6 Å². The second-order valence-electron chi connectivity index (χ2n) is 5.22. The van der Waals surface area contributed by atoms with Gasteiger partial charge in [0.2, 0.25) is 5.91 Å². The molecule has 0 fully saturated rings. The average molecular weight is 282 g/mol. The molecule has 0 unspecified atom stereocenters. The first-order valence-electron chi connectivity index (χ1n) is 6.85. The number of anilines is 1. The maximum absolute atomic E-state index is 13.6. The summed E-state index contributed by atoms with van der Waals surface area (Å²) in [6.07, 6.45) is 0.844. The summed E-state index contributed by atoms with van der Waals surface area (Å²) >= 11 is 0. The molecule has 0 saturated carbocycles. The Balaban J connectivity index is 2.54. The number of carbonyl (C=O) groups is 1. The SMILES string of the molecule is CCOc1ccc(NCC(=O)NC(C)(C)CC)cc1F. The van der Waals surface area contributed by atoms with Gasteiger partial charge in [-0.25, -0.2) is 4.39 Å². The molecule has 1 amide bonds. The summed E-state index contributed by atoms with van der Waals surface area (Å²) in [5, 5.41) is 5.80. The number of hydrogen-bond acceptors (Lipinski definition) is 3. The lowest BCUT2D eigenvalue weighted by Gasteiger charge is -2.24. The molecule has 0 spiro atoms. The molecule has 0 bridgehead atoms. The van der Waals surface area contributed by atoms with Crippen LogP contribution in [0.4, 0.5) is 10.1 Å². The lowest BCUT2D eigenvalue weighted by atomic mass is 10.0. The number of amides is 1. The summed E-state index contributed by atoms with van der Waals surface area (Å²) in [5.41, 5.74) is 0.318. The van der Waals surface area contributed by atoms with Crippen molar-refractivity contribution in [2.24, 2.45) is 0 Å². The van der Waals surface area contributed by atoms with Gasteiger partial charge in [-0.1, -0.05) is 6.92 Å². The van der Waals surface area contributed by atoms with Crippen LogP contribution in [0.3, 0.4) is 0 Å². The molecule has 112 valence electrons. The van der Waals surface area contributed by atoms with Gasteiger partial charge in [-0.05, 0) is 39.3 Å². The summed E-state index contributed by atoms with van der Waals surface area (Å²) in [7, 11) is 0. The molecule has 0 aliphatic rings. The standard InChI is InChI=1S/C15H23FN2O2/c1-5-15(3,4)18-14(19)10-17-11-7-8-13(20-6-2)12(16)9-11/h7-9,17H,5-6,10H2,1-4H3,(H,18,19). The highest BCUT2D eigenvalue weighted by Crippen LogP contribution is 2.20. The Morgan fingerprint density at radius 1 is 1.35 bits per heavy atom. The normalized spacial score (nSPS) is 11.1. The highest BCUT2D eigenvalue weighted by molar-refractivity contribution is 5.81. The van der Waals surface area contributed by atoms with Gasteiger partial charge < -0.3 is 15.4 Å². The van der Waals surface area contributed by atoms with Gasteiger partial charge in [0, 0.05) is 17.3 Å². The first-order chi connectivity index (χ1) is 9.38. The fraction of sp³-hybridized carbons (Fsp3) is 0.533. The Bertz CT molecular complexity index is 461. The van der Waals surface area contributed by atoms with Crippen molar-refractivity contribution in [2.45, 2.75) is 39.7 Å². The van der Waals surface area contributed by atoms with E-state index < -0.39 is 5.82 Å². The van der Waals surface area contributed by atoms with Crippen LogP contribution in [-0.2, 0) is 4.79 Å². The van der Waals surface area contributed by atoms with Gasteiger partial charge in [0.1, 0.15) is 0 Å². The number of hydrogen-bond donors (Lipinski definition) is 2. The fourth-order valence-corrected chi connectivity index (χ4v) is 1.58. The molecule has 1 aromatic rings. The van der Waals surface area contributed by atoms with Gasteiger partial charge in [-0.15, -0.1) is 0 Å². The topological polar surface area (TPSA) is 50.4 Å². The van der Waals surface area contributed by atoms with Gasteiger partial charge >= 0.3 is 0 Å². The van der Waals surface area contributed by atoms with Gasteiger partial charge in [0.25, 0.3) is 0 Å². The summed E-state index contributed by atoms with van der Waals surface area (Å²) < 4.78 is 18.7. The molecule has 0 atom stereocenters. The Labute approximate surface area is 119 Å². The Hall–Kier alpha value is -1.78. The van der Waals surface area contributed by atoms with E-state index in [9.17, 15) is 9.18 Å². The highest BCUT2D eigenvalue weighted by atomic mass is 19.1. The van der Waals surface area contributed by atoms with Crippen molar-refractivity contribution in [3.8, 4) is 5.75 Å². The third-order valence-electron chi connectivity index (χ3n) is 3.05. The summed E-state index contributed by atoms with van der Waals surface area (Å²) in [6.45, 7) is 8.25. The van der Waals surface area contributed by atoms with E-state index in [0.29, 0.717) is 12.3 Å². The van der Waals surface area contributed by atoms with Crippen molar-refractivity contribution in [3.05, 3.63) is 24.0 Å². The Morgan fingerprint density at radius 3 is 2.60 bits per heavy atom. The van der Waals surface area contributed by atoms with Crippen molar-refractivity contribution in [3.63, 3.8) is 0 Å². The third-order valence-corrected chi connectivity index (χ3v) is 3.05. The first kappa shape index (κ1) is 16.3. The molecule has 5 heteroatoms. The molecule has 1 aromatic carbocycles. The van der Waals surface area contributed by atoms with Crippen LogP contribution in [-0.4, -0.2) is 24.6 Å². The molecule has 0 saturated heterocycles. The van der Waals surface area contributed by atoms with Crippen molar-refractivity contribution < 1.29 is 13.9 Å². The zero-order valence-corrected chi connectivity index (χ0v) is 12.5. The quantitative estimate of drug-likeness (QED) is 0.808. The van der Waals surface area contributed by atoms with Gasteiger partial charge in [-0.2, -0.15) is 0 Å². The second-order valence-corrected chi connectivity index (χ2v) is 5.22. The maximum atomic E-state index is 13.6. The lowest BCUT2D eigenvalue weighted by Crippen LogP contribution is -2.45. The van der Waals surface area contributed by atoms with E-state index >= 15 is 0 Å². The molecule has 2 N–H and O–H groups in total. The molecule has 0 radical (unpaired) electrons. The van der Waals surface area contributed by atoms with Crippen molar-refractivity contribution >= 4 is 11.6 Å². The van der Waals surface area contributed by atoms with Gasteiger partial charge in [0.05, 0.1) is 13.2 Å². The van der Waals surface area contributed by atoms with Crippen LogP contribution in [0.5, 0.6) is 5.75 Å². The molecule has 0 aliphatic heterocycles. The second kappa shape index (κ2) is 7.12. The number of nitrogens with one attached hydrogen (secondary N) is 2. The van der Waals surface area contributed by atoms with Crippen LogP contribution >= 0.6 is 0 Å². The molecule has 0 aliphatic carbocycles. The minimum absolute atomic E-state index is 0.108. The average Bonchev–Trinajstić information content (AvgIpc) is 2.39. The molecule has 0 heterocycles. The van der Waals surface area contributed by atoms with Crippen LogP contribution in [0.25, 0.3) is 0 Å². The van der Waals surface area contributed by atoms with Gasteiger partial charge in [-0.3, -0.25) is 4.79 Å². The number of ether oxygens (including phenoxy) is 1. The Kier molecular flexibility index (Phi) is 5.80. The van der Waals surface area contributed by atoms with Crippen LogP contribution in [0.2, 0.25) is 0 Å². The highest BCUT2D eigenvalue weighted by Gasteiger charge is 2.17. The van der Waals surface area contributed by atoms with E-state index in [1.54, 1.807) is 19.1 Å². The largest absolute Gasteiger partial charge is 0.491 e. The van der Waals surface area contributed by atoms with Crippen molar-refractivity contribution in [1.29, 1.82) is 0 Å². The molecule has 1 rings (SSSR count). The van der Waals surface area contributed by atoms with E-state index in [1.165, 1.54) is 6.07 Å². The number of benzene rings is 1. The minimum atomic E-state index is -0.439. The van der Waals surface area contributed by atoms with Crippen LogP contribution in [0.15, 0.2) is 18.2 Å². The maximum Gasteiger partial charge on any atom is 0.239 e. The number of rotatable bonds is 7. The Morgan fingerprint density at radius 2 is 2.05 bits per heavy atom. The van der Waals surface area contributed by atoms with Crippen LogP contribution in [0.1, 0.15) is 34.1 Å². The third kappa shape index (κ3) is 5.07. The molecule has 4 nitrogen and oxygen atoms in total. The fourth-order valence-electron chi connectivity index (χ4n) is 1.58. The smallest absolute Gasteiger partial charge is 0.239 e. The minimum Gasteiger partial charge on any atom is -0.491 e. The first-order valence-corrected chi connectivity index (χ1v) is 6.85. The van der Waals surface area contributed by atoms with E-state index in [-0.39, 0.29) is 23.7 Å². The molecular weight excluding hydrogens is 259 g/mol. The summed E-state index contributed by atoms with van der Waals surface area (Å²) in [5.74, 6) is -0.341. The van der Waals surface area contributed by atoms with E-state index in [4.69, 9.17) is 4.74 Å². The number of halogens is 1. The molecular formula is C15H23FN2O2. The summed E-state index contributed by atoms with van der Waals surface area (Å²) in [4.78, 5) is 11.8. The molecule has 0 aromatic heterocycles. The van der Waals surface area contributed by atoms with E-state index in [1.807, 2.05) is 20.8 Å². The van der Waals surface area contributed by atoms with Crippen molar-refractivity contribution in [1.82, 2.24) is 5.32 Å². The molecule has 20 heavy (non-hydrogen) atoms. The van der Waals surface area contributed by atoms with E-state index in [0.717, 1.165) is 6.42 Å². The van der Waals surface area contributed by atoms with E-state index in [2.05, 4.69) is 10.6 Å². The predicted molar refractivity (Wildman–Crippen MR) is 78.6 cm³/mol. The predicted octanol–water partition coefficient (Wildman–Crippen LogP) is 2.94.